The van der Waals surface area contributed by atoms with E-state index in [1.807, 2.05) is 55.5 Å². The minimum Gasteiger partial charge on any atom is -0.497 e. The zero-order chi connectivity index (χ0) is 25.2. The molecule has 0 radical (unpaired) electrons. The van der Waals surface area contributed by atoms with Gasteiger partial charge < -0.3 is 20.1 Å². The van der Waals surface area contributed by atoms with Crippen molar-refractivity contribution in [1.82, 2.24) is 14.8 Å². The first-order chi connectivity index (χ1) is 17.5. The van der Waals surface area contributed by atoms with E-state index in [4.69, 9.17) is 31.2 Å². The van der Waals surface area contributed by atoms with Crippen LogP contribution in [0.5, 0.6) is 11.5 Å². The molecule has 0 saturated heterocycles. The van der Waals surface area contributed by atoms with Gasteiger partial charge in [0.1, 0.15) is 17.5 Å². The molecule has 9 heteroatoms. The number of carbonyl (C=O) groups excluding carboxylic acids is 1. The van der Waals surface area contributed by atoms with Crippen molar-refractivity contribution in [3.63, 3.8) is 0 Å². The Kier molecular flexibility index (Phi) is 6.35. The Morgan fingerprint density at radius 2 is 1.81 bits per heavy atom. The number of carbonyl (C=O) groups is 1. The number of para-hydroxylation sites is 2. The molecule has 8 nitrogen and oxygen atoms in total. The molecule has 0 bridgehead atoms. The molecule has 1 aromatic heterocycles. The maximum absolute atomic E-state index is 13.7. The molecule has 36 heavy (non-hydrogen) atoms. The number of anilines is 2. The zero-order valence-electron chi connectivity index (χ0n) is 19.9. The Bertz CT molecular complexity index is 1460. The van der Waals surface area contributed by atoms with Crippen LogP contribution in [0.25, 0.3) is 11.4 Å². The minimum absolute atomic E-state index is 0.286. The number of nitrogens with one attached hydrogen (secondary N) is 2. The highest BCUT2D eigenvalue weighted by Crippen LogP contribution is 2.38. The van der Waals surface area contributed by atoms with Crippen molar-refractivity contribution < 1.29 is 14.3 Å². The van der Waals surface area contributed by atoms with Gasteiger partial charge in [0.2, 0.25) is 5.95 Å². The molecule has 1 unspecified atom stereocenters. The molecule has 0 saturated carbocycles. The molecular formula is C27H24ClN5O3. The fraction of sp³-hybridized carbons (Fsp3) is 0.148. The highest BCUT2D eigenvalue weighted by molar-refractivity contribution is 6.30. The largest absolute Gasteiger partial charge is 0.497 e. The van der Waals surface area contributed by atoms with Crippen LogP contribution in [0.3, 0.4) is 0 Å². The van der Waals surface area contributed by atoms with E-state index in [1.165, 1.54) is 0 Å². The van der Waals surface area contributed by atoms with Crippen LogP contribution in [-0.2, 0) is 4.79 Å². The number of hydrogen-bond donors (Lipinski definition) is 2. The molecule has 0 aliphatic carbocycles. The lowest BCUT2D eigenvalue weighted by molar-refractivity contribution is -0.113. The molecular weight excluding hydrogens is 478 g/mol. The topological polar surface area (TPSA) is 90.3 Å². The quantitative estimate of drug-likeness (QED) is 0.360. The van der Waals surface area contributed by atoms with Crippen molar-refractivity contribution in [2.45, 2.75) is 13.0 Å². The second kappa shape index (κ2) is 9.75. The van der Waals surface area contributed by atoms with Crippen LogP contribution < -0.4 is 20.1 Å². The van der Waals surface area contributed by atoms with E-state index < -0.39 is 6.04 Å². The number of rotatable bonds is 6. The van der Waals surface area contributed by atoms with Gasteiger partial charge in [-0.1, -0.05) is 35.9 Å². The maximum atomic E-state index is 13.7. The highest BCUT2D eigenvalue weighted by Gasteiger charge is 2.35. The molecule has 182 valence electrons. The first kappa shape index (κ1) is 23.4. The van der Waals surface area contributed by atoms with E-state index in [-0.39, 0.29) is 5.91 Å². The van der Waals surface area contributed by atoms with E-state index in [0.717, 1.165) is 11.1 Å². The number of methoxy groups -OCH3 is 2. The molecule has 2 N–H and O–H groups in total. The molecule has 5 rings (SSSR count). The van der Waals surface area contributed by atoms with Crippen molar-refractivity contribution in [2.75, 3.05) is 24.9 Å². The average Bonchev–Trinajstić information content (AvgIpc) is 3.32. The zero-order valence-corrected chi connectivity index (χ0v) is 20.7. The predicted octanol–water partition coefficient (Wildman–Crippen LogP) is 5.54. The van der Waals surface area contributed by atoms with Crippen LogP contribution in [0.1, 0.15) is 18.5 Å². The lowest BCUT2D eigenvalue weighted by atomic mass is 9.95. The smallest absolute Gasteiger partial charge is 0.255 e. The molecule has 1 aliphatic rings. The number of allylic oxidation sites excluding steroid dienone is 1. The first-order valence-electron chi connectivity index (χ1n) is 11.3. The van der Waals surface area contributed by atoms with E-state index in [1.54, 1.807) is 43.2 Å². The van der Waals surface area contributed by atoms with Crippen molar-refractivity contribution >= 4 is 29.1 Å². The molecule has 0 spiro atoms. The lowest BCUT2D eigenvalue weighted by Gasteiger charge is -2.29. The van der Waals surface area contributed by atoms with E-state index in [9.17, 15) is 4.79 Å². The number of fused-ring (bicyclic) bond motifs is 1. The second-order valence-corrected chi connectivity index (χ2v) is 8.64. The van der Waals surface area contributed by atoms with Crippen molar-refractivity contribution in [3.8, 4) is 22.9 Å². The van der Waals surface area contributed by atoms with Gasteiger partial charge in [0.05, 0.1) is 25.5 Å². The number of hydrogen-bond acceptors (Lipinski definition) is 6. The molecule has 1 aliphatic heterocycles. The molecule has 2 heterocycles. The standard InChI is InChI=1S/C27H24ClN5O3/c1-16-23(26(34)30-21-9-4-5-10-22(21)36-3)24(18-7-6-8-20(15-18)35-2)33-27(29-16)31-25(32-33)17-11-13-19(28)14-12-17/h4-15,24H,1-3H3,(H,30,34)(H,29,31,32). The first-order valence-corrected chi connectivity index (χ1v) is 11.6. The summed E-state index contributed by atoms with van der Waals surface area (Å²) in [5.74, 6) is 2.00. The van der Waals surface area contributed by atoms with Crippen LogP contribution in [-0.4, -0.2) is 34.9 Å². The maximum Gasteiger partial charge on any atom is 0.255 e. The Morgan fingerprint density at radius 1 is 1.03 bits per heavy atom. The van der Waals surface area contributed by atoms with Crippen LogP contribution in [0, 0.1) is 0 Å². The van der Waals surface area contributed by atoms with Crippen LogP contribution >= 0.6 is 11.6 Å². The van der Waals surface area contributed by atoms with Crippen molar-refractivity contribution in [1.29, 1.82) is 0 Å². The van der Waals surface area contributed by atoms with Crippen LogP contribution in [0.4, 0.5) is 11.6 Å². The van der Waals surface area contributed by atoms with Crippen molar-refractivity contribution in [3.05, 3.63) is 94.7 Å². The number of ether oxygens (including phenoxy) is 2. The molecule has 3 aromatic carbocycles. The molecule has 0 fully saturated rings. The third-order valence-electron chi connectivity index (χ3n) is 5.96. The van der Waals surface area contributed by atoms with Gasteiger partial charge in [-0.15, -0.1) is 5.10 Å². The summed E-state index contributed by atoms with van der Waals surface area (Å²) in [5.41, 5.74) is 3.37. The van der Waals surface area contributed by atoms with Gasteiger partial charge in [0.15, 0.2) is 5.82 Å². The Balaban J connectivity index is 1.61. The van der Waals surface area contributed by atoms with E-state index >= 15 is 0 Å². The molecule has 1 atom stereocenters. The molecule has 4 aromatic rings. The number of halogens is 1. The number of nitrogens with zero attached hydrogens (tertiary/aromatic N) is 3. The summed E-state index contributed by atoms with van der Waals surface area (Å²) in [6.45, 7) is 1.85. The average molecular weight is 502 g/mol. The SMILES string of the molecule is COc1cccc(C2C(C(=O)Nc3ccccc3OC)=C(C)Nc3nc(-c4ccc(Cl)cc4)nn32)c1. The van der Waals surface area contributed by atoms with Gasteiger partial charge in [-0.05, 0) is 61.0 Å². The highest BCUT2D eigenvalue weighted by atomic mass is 35.5. The van der Waals surface area contributed by atoms with Crippen LogP contribution in [0.2, 0.25) is 5.02 Å². The van der Waals surface area contributed by atoms with E-state index in [0.29, 0.717) is 45.3 Å². The third kappa shape index (κ3) is 4.38. The third-order valence-corrected chi connectivity index (χ3v) is 6.22. The fourth-order valence-electron chi connectivity index (χ4n) is 4.22. The van der Waals surface area contributed by atoms with Gasteiger partial charge in [-0.25, -0.2) is 4.68 Å². The fourth-order valence-corrected chi connectivity index (χ4v) is 4.35. The van der Waals surface area contributed by atoms with Gasteiger partial charge in [-0.3, -0.25) is 4.79 Å². The molecule has 1 amide bonds. The number of benzene rings is 3. The summed E-state index contributed by atoms with van der Waals surface area (Å²) in [6, 6.07) is 21.6. The Morgan fingerprint density at radius 3 is 2.56 bits per heavy atom. The monoisotopic (exact) mass is 501 g/mol. The number of amides is 1. The van der Waals surface area contributed by atoms with Gasteiger partial charge >= 0.3 is 0 Å². The van der Waals surface area contributed by atoms with Gasteiger partial charge in [0.25, 0.3) is 5.91 Å². The second-order valence-electron chi connectivity index (χ2n) is 8.21. The summed E-state index contributed by atoms with van der Waals surface area (Å²) < 4.78 is 12.6. The van der Waals surface area contributed by atoms with Gasteiger partial charge in [0, 0.05) is 16.3 Å². The van der Waals surface area contributed by atoms with Crippen LogP contribution in [0.15, 0.2) is 84.1 Å². The van der Waals surface area contributed by atoms with Crippen molar-refractivity contribution in [2.24, 2.45) is 0 Å². The number of aromatic nitrogens is 3. The van der Waals surface area contributed by atoms with Gasteiger partial charge in [-0.2, -0.15) is 4.98 Å². The summed E-state index contributed by atoms with van der Waals surface area (Å²) in [7, 11) is 3.17. The summed E-state index contributed by atoms with van der Waals surface area (Å²) in [5, 5.41) is 11.7. The van der Waals surface area contributed by atoms with E-state index in [2.05, 4.69) is 10.6 Å². The lowest BCUT2D eigenvalue weighted by Crippen LogP contribution is -2.31. The summed E-state index contributed by atoms with van der Waals surface area (Å²) in [6.07, 6.45) is 0. The summed E-state index contributed by atoms with van der Waals surface area (Å²) in [4.78, 5) is 18.4. The Labute approximate surface area is 213 Å². The predicted molar refractivity (Wildman–Crippen MR) is 140 cm³/mol. The normalized spacial score (nSPS) is 14.6. The minimum atomic E-state index is -0.556. The Hall–Kier alpha value is -4.30. The summed E-state index contributed by atoms with van der Waals surface area (Å²) >= 11 is 6.06.